The van der Waals surface area contributed by atoms with Gasteiger partial charge >= 0.3 is 5.97 Å². The normalized spacial score (nSPS) is 10.6. The monoisotopic (exact) mass is 252 g/mol. The van der Waals surface area contributed by atoms with E-state index in [9.17, 15) is 4.79 Å². The van der Waals surface area contributed by atoms with E-state index in [1.165, 1.54) is 18.2 Å². The number of rotatable bonds is 4. The van der Waals surface area contributed by atoms with Crippen LogP contribution in [0.1, 0.15) is 12.0 Å². The lowest BCUT2D eigenvalue weighted by Crippen LogP contribution is -1.96. The third kappa shape index (κ3) is 3.81. The van der Waals surface area contributed by atoms with Gasteiger partial charge in [-0.3, -0.25) is 4.79 Å². The van der Waals surface area contributed by atoms with Gasteiger partial charge in [-0.25, -0.2) is 0 Å². The van der Waals surface area contributed by atoms with Crippen LogP contribution in [0.3, 0.4) is 0 Å². The molecule has 2 nitrogen and oxygen atoms in total. The summed E-state index contributed by atoms with van der Waals surface area (Å²) in [5.74, 6) is -0.226. The Labute approximate surface area is 113 Å². The van der Waals surface area contributed by atoms with Crippen molar-refractivity contribution in [1.29, 1.82) is 0 Å². The highest BCUT2D eigenvalue weighted by Crippen LogP contribution is 2.20. The smallest absolute Gasteiger partial charge is 0.309 e. The number of hydrogen-bond acceptors (Lipinski definition) is 2. The Hall–Kier alpha value is -2.35. The lowest BCUT2D eigenvalue weighted by Gasteiger charge is -2.02. The van der Waals surface area contributed by atoms with Crippen molar-refractivity contribution < 1.29 is 9.53 Å². The molecule has 0 spiro atoms. The fourth-order valence-electron chi connectivity index (χ4n) is 1.83. The van der Waals surface area contributed by atoms with E-state index >= 15 is 0 Å². The zero-order valence-corrected chi connectivity index (χ0v) is 10.9. The van der Waals surface area contributed by atoms with Gasteiger partial charge in [-0.15, -0.1) is 0 Å². The third-order valence-electron chi connectivity index (χ3n) is 2.82. The molecule has 96 valence electrons. The molecular formula is C17H16O2. The van der Waals surface area contributed by atoms with Crippen molar-refractivity contribution in [2.75, 3.05) is 7.11 Å². The first-order valence-corrected chi connectivity index (χ1v) is 6.18. The van der Waals surface area contributed by atoms with Crippen molar-refractivity contribution in [3.05, 3.63) is 66.2 Å². The molecule has 19 heavy (non-hydrogen) atoms. The van der Waals surface area contributed by atoms with Gasteiger partial charge in [-0.05, 0) is 22.8 Å². The van der Waals surface area contributed by atoms with Gasteiger partial charge in [0.05, 0.1) is 13.5 Å². The highest BCUT2D eigenvalue weighted by molar-refractivity contribution is 5.73. The summed E-state index contributed by atoms with van der Waals surface area (Å²) in [6, 6.07) is 18.4. The minimum absolute atomic E-state index is 0.226. The molecule has 0 unspecified atom stereocenters. The molecule has 0 radical (unpaired) electrons. The van der Waals surface area contributed by atoms with Crippen LogP contribution < -0.4 is 0 Å². The second-order valence-electron chi connectivity index (χ2n) is 4.17. The van der Waals surface area contributed by atoms with Crippen molar-refractivity contribution in [2.45, 2.75) is 6.42 Å². The van der Waals surface area contributed by atoms with Crippen LogP contribution in [-0.4, -0.2) is 13.1 Å². The lowest BCUT2D eigenvalue weighted by molar-refractivity contribution is -0.139. The van der Waals surface area contributed by atoms with E-state index in [1.807, 2.05) is 42.5 Å². The molecule has 0 fully saturated rings. The van der Waals surface area contributed by atoms with Crippen LogP contribution in [0, 0.1) is 0 Å². The second-order valence-corrected chi connectivity index (χ2v) is 4.17. The van der Waals surface area contributed by atoms with Gasteiger partial charge in [0.2, 0.25) is 0 Å². The Balaban J connectivity index is 2.14. The summed E-state index contributed by atoms with van der Waals surface area (Å²) in [7, 11) is 1.40. The molecule has 0 amide bonds. The average Bonchev–Trinajstić information content (AvgIpc) is 2.48. The molecule has 0 aliphatic rings. The van der Waals surface area contributed by atoms with E-state index in [2.05, 4.69) is 29.0 Å². The maximum Gasteiger partial charge on any atom is 0.309 e. The summed E-state index contributed by atoms with van der Waals surface area (Å²) in [5, 5.41) is 0. The maximum atomic E-state index is 11.0. The number of hydrogen-bond donors (Lipinski definition) is 0. The summed E-state index contributed by atoms with van der Waals surface area (Å²) in [6.45, 7) is 0. The van der Waals surface area contributed by atoms with Crippen LogP contribution in [0.5, 0.6) is 0 Å². The molecule has 2 aromatic rings. The van der Waals surface area contributed by atoms with Crippen LogP contribution in [-0.2, 0) is 9.53 Å². The zero-order chi connectivity index (χ0) is 13.5. The van der Waals surface area contributed by atoms with Gasteiger partial charge in [0.25, 0.3) is 0 Å². The molecule has 0 aliphatic carbocycles. The van der Waals surface area contributed by atoms with Gasteiger partial charge in [-0.2, -0.15) is 0 Å². The molecular weight excluding hydrogens is 236 g/mol. The predicted molar refractivity (Wildman–Crippen MR) is 77.5 cm³/mol. The Morgan fingerprint density at radius 3 is 2.53 bits per heavy atom. The SMILES string of the molecule is COC(=O)CC=Cc1cccc(-c2ccccc2)c1. The first-order valence-electron chi connectivity index (χ1n) is 6.18. The molecule has 2 heteroatoms. The summed E-state index contributed by atoms with van der Waals surface area (Å²) in [4.78, 5) is 11.0. The number of methoxy groups -OCH3 is 1. The van der Waals surface area contributed by atoms with Gasteiger partial charge in [0, 0.05) is 0 Å². The number of carbonyl (C=O) groups is 1. The van der Waals surface area contributed by atoms with Crippen LogP contribution in [0.25, 0.3) is 17.2 Å². The fraction of sp³-hybridized carbons (Fsp3) is 0.118. The Morgan fingerprint density at radius 1 is 1.05 bits per heavy atom. The largest absolute Gasteiger partial charge is 0.469 e. The average molecular weight is 252 g/mol. The predicted octanol–water partition coefficient (Wildman–Crippen LogP) is 3.93. The Kier molecular flexibility index (Phi) is 4.51. The standard InChI is InChI=1S/C17H16O2/c1-19-17(18)12-6-8-14-7-5-11-16(13-14)15-9-3-2-4-10-15/h2-11,13H,12H2,1H3. The van der Waals surface area contributed by atoms with Crippen molar-refractivity contribution in [3.8, 4) is 11.1 Å². The van der Waals surface area contributed by atoms with E-state index in [0.29, 0.717) is 6.42 Å². The van der Waals surface area contributed by atoms with Crippen LogP contribution in [0.15, 0.2) is 60.7 Å². The lowest BCUT2D eigenvalue weighted by atomic mass is 10.0. The zero-order valence-electron chi connectivity index (χ0n) is 10.9. The number of esters is 1. The quantitative estimate of drug-likeness (QED) is 0.771. The second kappa shape index (κ2) is 6.55. The third-order valence-corrected chi connectivity index (χ3v) is 2.82. The van der Waals surface area contributed by atoms with E-state index in [4.69, 9.17) is 0 Å². The number of ether oxygens (including phenoxy) is 1. The molecule has 0 heterocycles. The molecule has 2 aromatic carbocycles. The number of benzene rings is 2. The molecule has 0 aliphatic heterocycles. The fourth-order valence-corrected chi connectivity index (χ4v) is 1.83. The van der Waals surface area contributed by atoms with Gasteiger partial charge in [0.1, 0.15) is 0 Å². The first-order chi connectivity index (χ1) is 9.29. The summed E-state index contributed by atoms with van der Waals surface area (Å²) in [6.07, 6.45) is 4.05. The van der Waals surface area contributed by atoms with Crippen molar-refractivity contribution in [2.24, 2.45) is 0 Å². The molecule has 0 bridgehead atoms. The minimum Gasteiger partial charge on any atom is -0.469 e. The van der Waals surface area contributed by atoms with E-state index in [0.717, 1.165) is 5.56 Å². The summed E-state index contributed by atoms with van der Waals surface area (Å²) in [5.41, 5.74) is 3.43. The molecule has 0 saturated carbocycles. The molecule has 0 saturated heterocycles. The molecule has 0 aromatic heterocycles. The van der Waals surface area contributed by atoms with E-state index in [1.54, 1.807) is 0 Å². The van der Waals surface area contributed by atoms with Crippen LogP contribution >= 0.6 is 0 Å². The minimum atomic E-state index is -0.226. The molecule has 0 atom stereocenters. The van der Waals surface area contributed by atoms with Crippen LogP contribution in [0.2, 0.25) is 0 Å². The Bertz CT molecular complexity index is 571. The summed E-state index contributed by atoms with van der Waals surface area (Å²) < 4.78 is 4.59. The van der Waals surface area contributed by atoms with Gasteiger partial charge < -0.3 is 4.74 Å². The van der Waals surface area contributed by atoms with Gasteiger partial charge in [0.15, 0.2) is 0 Å². The van der Waals surface area contributed by atoms with Gasteiger partial charge in [-0.1, -0.05) is 60.7 Å². The Morgan fingerprint density at radius 2 is 1.79 bits per heavy atom. The molecule has 2 rings (SSSR count). The maximum absolute atomic E-state index is 11.0. The number of carbonyl (C=O) groups excluding carboxylic acids is 1. The highest BCUT2D eigenvalue weighted by atomic mass is 16.5. The van der Waals surface area contributed by atoms with E-state index < -0.39 is 0 Å². The highest BCUT2D eigenvalue weighted by Gasteiger charge is 1.97. The first kappa shape index (κ1) is 13.1. The molecule has 0 N–H and O–H groups in total. The van der Waals surface area contributed by atoms with Crippen molar-refractivity contribution in [3.63, 3.8) is 0 Å². The van der Waals surface area contributed by atoms with Crippen molar-refractivity contribution >= 4 is 12.0 Å². The van der Waals surface area contributed by atoms with Crippen LogP contribution in [0.4, 0.5) is 0 Å². The topological polar surface area (TPSA) is 26.3 Å². The summed E-state index contributed by atoms with van der Waals surface area (Å²) >= 11 is 0. The van der Waals surface area contributed by atoms with Crippen molar-refractivity contribution in [1.82, 2.24) is 0 Å². The van der Waals surface area contributed by atoms with E-state index in [-0.39, 0.29) is 5.97 Å².